The third-order valence-corrected chi connectivity index (χ3v) is 0. The first-order chi connectivity index (χ1) is 0. The summed E-state index contributed by atoms with van der Waals surface area (Å²) in [5, 5.41) is 0. The molecule has 0 fully saturated rings. The van der Waals surface area contributed by atoms with Gasteiger partial charge in [0.15, 0.2) is 0 Å². The fourth-order valence-electron chi connectivity index (χ4n) is 0. The van der Waals surface area contributed by atoms with Gasteiger partial charge in [-0.1, -0.05) is 0 Å². The first-order valence-electron chi connectivity index (χ1n) is 0. The molecule has 0 atom stereocenters. The van der Waals surface area contributed by atoms with Gasteiger partial charge in [0.1, 0.15) is 0 Å². The van der Waals surface area contributed by atoms with E-state index in [0.717, 1.165) is 0 Å². The fraction of sp³-hybridized carbons (Fsp3) is 0. The Morgan fingerprint density at radius 1 is 0.0233 bits per heavy atom. The molecule has 0 aromatic rings. The Morgan fingerprint density at radius 2 is 0.0233 bits per heavy atom. The summed E-state index contributed by atoms with van der Waals surface area (Å²) in [6.07, 6.45) is 0. The largest absolute Gasteiger partial charge is 0 e. The minimum Gasteiger partial charge on any atom is 0 e. The average Bonchev–Trinajstić information content (AvgIpc) is 0. The van der Waals surface area contributed by atoms with Crippen molar-refractivity contribution >= 4 is 0 Å². The molecule has 0 N–H and O–H groups in total. The third kappa shape index (κ3) is 396. The van der Waals surface area contributed by atoms with Crippen LogP contribution in [0.25, 0.3) is 0 Å². The molecule has 0 rings (SSSR count). The van der Waals surface area contributed by atoms with Crippen LogP contribution in [0, 0.1) is 0 Å². The minimum absolute atomic E-state index is 0. The molecule has 0 nitrogen and oxygen atoms in total. The normalized spacial score (nSPS) is 0. The van der Waals surface area contributed by atoms with Crippen LogP contribution in [0.3, 0.4) is 0 Å². The van der Waals surface area contributed by atoms with Crippen molar-refractivity contribution in [3.63, 3.8) is 0 Å². The van der Waals surface area contributed by atoms with E-state index < -0.39 is 0 Å². The molecule has 0 amide bonds. The average molecular weight is 7910 g/mol. The van der Waals surface area contributed by atoms with E-state index in [-0.39, 0.29) is 906 Å². The van der Waals surface area contributed by atoms with Crippen LogP contribution in [-0.4, -0.2) is 0 Å². The summed E-state index contributed by atoms with van der Waals surface area (Å²) < 4.78 is 0. The smallest absolute Gasteiger partial charge is 0 e. The van der Waals surface area contributed by atoms with E-state index in [2.05, 4.69) is 0 Å². The van der Waals surface area contributed by atoms with Gasteiger partial charge in [-0.3, -0.25) is 0 Å². The van der Waals surface area contributed by atoms with Crippen molar-refractivity contribution in [3.8, 4) is 0 Å². The molecule has 0 spiro atoms. The molecular weight excluding hydrogens is 7910 g/mol. The number of hydrogen-bond donors (Lipinski definition) is 0. The van der Waals surface area contributed by atoms with E-state index in [4.69, 9.17) is 0 Å². The van der Waals surface area contributed by atoms with Gasteiger partial charge in [0.05, 0.1) is 0 Å². The molecule has 0 aromatic carbocycles. The van der Waals surface area contributed by atoms with E-state index in [0.29, 0.717) is 0 Å². The van der Waals surface area contributed by atoms with Crippen LogP contribution in [0.4, 0.5) is 0 Å². The molecule has 0 bridgehead atoms. The number of hydrogen-bond acceptors (Lipinski definition) is 0. The van der Waals surface area contributed by atoms with Gasteiger partial charge in [0, 0.05) is 906 Å². The van der Waals surface area contributed by atoms with Gasteiger partial charge < -0.3 is 0 Å². The van der Waals surface area contributed by atoms with Gasteiger partial charge in [-0.2, -0.15) is 0 Å². The summed E-state index contributed by atoms with van der Waals surface area (Å²) in [4.78, 5) is 0. The molecule has 0 aliphatic rings. The van der Waals surface area contributed by atoms with Gasteiger partial charge in [-0.05, 0) is 0 Å². The van der Waals surface area contributed by atoms with E-state index in [1.165, 1.54) is 0 Å². The van der Waals surface area contributed by atoms with Crippen molar-refractivity contribution < 1.29 is 906 Å². The van der Waals surface area contributed by atoms with Crippen molar-refractivity contribution in [1.82, 2.24) is 0 Å². The van der Waals surface area contributed by atoms with E-state index in [9.17, 15) is 0 Å². The molecule has 43 heteroatoms. The maximum absolute atomic E-state index is 0. The zero-order chi connectivity index (χ0) is 0. The van der Waals surface area contributed by atoms with Crippen molar-refractivity contribution in [1.29, 1.82) is 0 Å². The second-order valence-corrected chi connectivity index (χ2v) is 0. The Morgan fingerprint density at radius 3 is 0.0233 bits per heavy atom. The zero-order valence-corrected chi connectivity index (χ0v) is 144. The molecule has 43 heavy (non-hydrogen) atoms. The van der Waals surface area contributed by atoms with Crippen LogP contribution in [0.2, 0.25) is 0 Å². The van der Waals surface area contributed by atoms with Gasteiger partial charge in [-0.25, -0.2) is 0 Å². The van der Waals surface area contributed by atoms with Crippen molar-refractivity contribution in [2.45, 2.75) is 0 Å². The second kappa shape index (κ2) is 407. The standard InChI is InChI=1S/43W. The predicted octanol–water partition coefficient (Wildman–Crippen LogP) is -0.108. The fourth-order valence-corrected chi connectivity index (χ4v) is 0. The molecule has 0 aliphatic carbocycles. The van der Waals surface area contributed by atoms with Gasteiger partial charge in [-0.15, -0.1) is 0 Å². The van der Waals surface area contributed by atoms with Crippen molar-refractivity contribution in [3.05, 3.63) is 0 Å². The maximum Gasteiger partial charge on any atom is 0 e. The molecule has 0 aromatic heterocycles. The van der Waals surface area contributed by atoms with E-state index in [1.807, 2.05) is 0 Å². The van der Waals surface area contributed by atoms with Crippen LogP contribution in [0.15, 0.2) is 0 Å². The van der Waals surface area contributed by atoms with Crippen LogP contribution >= 0.6 is 0 Å². The summed E-state index contributed by atoms with van der Waals surface area (Å²) in [5.41, 5.74) is 0. The van der Waals surface area contributed by atoms with Crippen molar-refractivity contribution in [2.75, 3.05) is 0 Å². The molecule has 0 aliphatic heterocycles. The van der Waals surface area contributed by atoms with E-state index >= 15 is 0 Å². The molecule has 0 saturated heterocycles. The van der Waals surface area contributed by atoms with Crippen LogP contribution in [-0.2, 0) is 906 Å². The number of rotatable bonds is 0. The molecule has 0 radical (unpaired) electrons. The zero-order valence-electron chi connectivity index (χ0n) is 17.6. The van der Waals surface area contributed by atoms with Crippen LogP contribution in [0.1, 0.15) is 0 Å². The quantitative estimate of drug-likeness (QED) is 0.319. The third-order valence-electron chi connectivity index (χ3n) is 0. The Kier molecular flexibility index (Phi) is 4020. The second-order valence-electron chi connectivity index (χ2n) is 0. The Balaban J connectivity index is 0. The summed E-state index contributed by atoms with van der Waals surface area (Å²) >= 11 is 0. The molecule has 0 heterocycles. The SMILES string of the molecule is [W].[W].[W].[W].[W].[W].[W].[W].[W].[W].[W].[W].[W].[W].[W].[W].[W].[W].[W].[W].[W].[W].[W].[W].[W].[W].[W].[W].[W].[W].[W].[W].[W].[W].[W].[W].[W].[W].[W].[W].[W].[W].[W]. The molecule has 0 saturated carbocycles. The predicted molar refractivity (Wildman–Crippen MR) is 0 cm³/mol. The Labute approximate surface area is 878 Å². The molecule has 0 unspecified atom stereocenters. The van der Waals surface area contributed by atoms with E-state index in [1.54, 1.807) is 0 Å². The summed E-state index contributed by atoms with van der Waals surface area (Å²) in [6.45, 7) is 0. The molecular formula is W43. The molecule has 258 valence electrons. The first-order valence-corrected chi connectivity index (χ1v) is 0. The maximum atomic E-state index is 0. The summed E-state index contributed by atoms with van der Waals surface area (Å²) in [7, 11) is 0. The van der Waals surface area contributed by atoms with Gasteiger partial charge in [0.25, 0.3) is 0 Å². The summed E-state index contributed by atoms with van der Waals surface area (Å²) in [6, 6.07) is 0. The van der Waals surface area contributed by atoms with Crippen LogP contribution in [0.5, 0.6) is 0 Å². The first kappa shape index (κ1) is 425. The minimum atomic E-state index is 0. The summed E-state index contributed by atoms with van der Waals surface area (Å²) in [5.74, 6) is 0. The van der Waals surface area contributed by atoms with Crippen molar-refractivity contribution in [2.24, 2.45) is 0 Å². The monoisotopic (exact) mass is 7910 g/mol. The van der Waals surface area contributed by atoms with Crippen LogP contribution < -0.4 is 0 Å². The van der Waals surface area contributed by atoms with Gasteiger partial charge >= 0.3 is 0 Å². The topological polar surface area (TPSA) is 0 Å². The Hall–Kier alpha value is 29.6. The Bertz CT molecular complexity index is 0. The van der Waals surface area contributed by atoms with Gasteiger partial charge in [0.2, 0.25) is 0 Å².